The number of carbonyl (C=O) groups excluding carboxylic acids is 1. The van der Waals surface area contributed by atoms with Crippen LogP contribution in [0.4, 0.5) is 0 Å². The molecule has 2 heterocycles. The molecule has 0 saturated heterocycles. The lowest BCUT2D eigenvalue weighted by molar-refractivity contribution is 0.0951. The minimum absolute atomic E-state index is 0.168. The van der Waals surface area contributed by atoms with Gasteiger partial charge < -0.3 is 5.32 Å². The molecule has 0 aliphatic heterocycles. The largest absolute Gasteiger partial charge is 0.351 e. The van der Waals surface area contributed by atoms with Gasteiger partial charge in [0.05, 0.1) is 11.4 Å². The topological polar surface area (TPSA) is 59.8 Å². The van der Waals surface area contributed by atoms with E-state index >= 15 is 0 Å². The van der Waals surface area contributed by atoms with Crippen LogP contribution in [0.25, 0.3) is 5.69 Å². The Morgan fingerprint density at radius 3 is 2.94 bits per heavy atom. The smallest absolute Gasteiger partial charge is 0.269 e. The highest BCUT2D eigenvalue weighted by atomic mass is 16.1. The fourth-order valence-electron chi connectivity index (χ4n) is 1.50. The van der Waals surface area contributed by atoms with E-state index in [9.17, 15) is 4.79 Å². The second-order valence-corrected chi connectivity index (χ2v) is 3.66. The molecule has 0 spiro atoms. The molecule has 0 fully saturated rings. The van der Waals surface area contributed by atoms with E-state index in [1.807, 2.05) is 32.2 Å². The van der Waals surface area contributed by atoms with Gasteiger partial charge in [-0.15, -0.1) is 0 Å². The van der Waals surface area contributed by atoms with E-state index < -0.39 is 0 Å². The van der Waals surface area contributed by atoms with Crippen molar-refractivity contribution in [2.45, 2.75) is 13.8 Å². The van der Waals surface area contributed by atoms with Crippen LogP contribution in [0.15, 0.2) is 30.6 Å². The summed E-state index contributed by atoms with van der Waals surface area (Å²) in [5, 5.41) is 7.00. The van der Waals surface area contributed by atoms with Crippen molar-refractivity contribution in [1.82, 2.24) is 20.1 Å². The molecule has 0 bridgehead atoms. The quantitative estimate of drug-likeness (QED) is 0.865. The van der Waals surface area contributed by atoms with Crippen LogP contribution < -0.4 is 5.32 Å². The Morgan fingerprint density at radius 1 is 1.47 bits per heavy atom. The summed E-state index contributed by atoms with van der Waals surface area (Å²) < 4.78 is 1.72. The van der Waals surface area contributed by atoms with Crippen molar-refractivity contribution in [3.05, 3.63) is 42.0 Å². The lowest BCUT2D eigenvalue weighted by atomic mass is 10.3. The zero-order valence-electron chi connectivity index (χ0n) is 9.84. The average Bonchev–Trinajstić information content (AvgIpc) is 2.76. The third kappa shape index (κ3) is 2.50. The maximum atomic E-state index is 11.6. The Hall–Kier alpha value is -2.17. The number of carbonyl (C=O) groups is 1. The van der Waals surface area contributed by atoms with Crippen LogP contribution in [0.2, 0.25) is 0 Å². The first-order valence-electron chi connectivity index (χ1n) is 5.47. The third-order valence-corrected chi connectivity index (χ3v) is 2.30. The molecule has 5 heteroatoms. The summed E-state index contributed by atoms with van der Waals surface area (Å²) >= 11 is 0. The monoisotopic (exact) mass is 230 g/mol. The van der Waals surface area contributed by atoms with Crippen LogP contribution in [0.3, 0.4) is 0 Å². The van der Waals surface area contributed by atoms with E-state index in [2.05, 4.69) is 15.4 Å². The van der Waals surface area contributed by atoms with Gasteiger partial charge in [0.25, 0.3) is 5.91 Å². The highest BCUT2D eigenvalue weighted by Crippen LogP contribution is 2.08. The highest BCUT2D eigenvalue weighted by molar-refractivity contribution is 5.92. The third-order valence-electron chi connectivity index (χ3n) is 2.30. The number of aromatic nitrogens is 3. The lowest BCUT2D eigenvalue weighted by Crippen LogP contribution is -2.23. The van der Waals surface area contributed by atoms with E-state index in [0.29, 0.717) is 12.2 Å². The molecule has 2 aromatic heterocycles. The molecule has 2 aromatic rings. The molecule has 0 atom stereocenters. The maximum absolute atomic E-state index is 11.6. The zero-order valence-corrected chi connectivity index (χ0v) is 9.84. The van der Waals surface area contributed by atoms with Crippen LogP contribution in [0, 0.1) is 6.92 Å². The van der Waals surface area contributed by atoms with Gasteiger partial charge in [-0.2, -0.15) is 5.10 Å². The molecule has 0 aromatic carbocycles. The second kappa shape index (κ2) is 4.78. The molecule has 0 aliphatic carbocycles. The minimum Gasteiger partial charge on any atom is -0.351 e. The van der Waals surface area contributed by atoms with Gasteiger partial charge >= 0.3 is 0 Å². The molecule has 17 heavy (non-hydrogen) atoms. The summed E-state index contributed by atoms with van der Waals surface area (Å²) in [5.41, 5.74) is 2.16. The lowest BCUT2D eigenvalue weighted by Gasteiger charge is -2.04. The first-order chi connectivity index (χ1) is 8.20. The van der Waals surface area contributed by atoms with E-state index in [1.165, 1.54) is 0 Å². The van der Waals surface area contributed by atoms with Crippen molar-refractivity contribution >= 4 is 5.91 Å². The molecule has 0 radical (unpaired) electrons. The Morgan fingerprint density at radius 2 is 2.29 bits per heavy atom. The van der Waals surface area contributed by atoms with E-state index in [1.54, 1.807) is 16.9 Å². The molecule has 1 amide bonds. The predicted molar refractivity (Wildman–Crippen MR) is 64.1 cm³/mol. The normalized spacial score (nSPS) is 10.2. The molecule has 1 N–H and O–H groups in total. The van der Waals surface area contributed by atoms with Crippen LogP contribution in [0.5, 0.6) is 0 Å². The molecular formula is C12H14N4O. The predicted octanol–water partition coefficient (Wildman–Crippen LogP) is 1.33. The Kier molecular flexibility index (Phi) is 3.18. The molecule has 5 nitrogen and oxygen atoms in total. The zero-order chi connectivity index (χ0) is 12.3. The van der Waals surface area contributed by atoms with Gasteiger partial charge in [-0.3, -0.25) is 9.78 Å². The van der Waals surface area contributed by atoms with Gasteiger partial charge in [0.1, 0.15) is 5.69 Å². The van der Waals surface area contributed by atoms with Gasteiger partial charge in [0.2, 0.25) is 0 Å². The summed E-state index contributed by atoms with van der Waals surface area (Å²) in [4.78, 5) is 15.7. The van der Waals surface area contributed by atoms with E-state index in [-0.39, 0.29) is 5.91 Å². The molecule has 2 rings (SSSR count). The molecule has 0 aliphatic rings. The number of aryl methyl sites for hydroxylation is 1. The fraction of sp³-hybridized carbons (Fsp3) is 0.250. The highest BCUT2D eigenvalue weighted by Gasteiger charge is 2.07. The summed E-state index contributed by atoms with van der Waals surface area (Å²) in [6.45, 7) is 4.38. The van der Waals surface area contributed by atoms with Gasteiger partial charge in [-0.1, -0.05) is 0 Å². The molecule has 88 valence electrons. The fourth-order valence-corrected chi connectivity index (χ4v) is 1.50. The Balaban J connectivity index is 2.31. The summed E-state index contributed by atoms with van der Waals surface area (Å²) in [7, 11) is 0. The Labute approximate surface area is 99.5 Å². The van der Waals surface area contributed by atoms with Crippen molar-refractivity contribution in [1.29, 1.82) is 0 Å². The number of rotatable bonds is 3. The van der Waals surface area contributed by atoms with Crippen molar-refractivity contribution in [3.63, 3.8) is 0 Å². The number of amides is 1. The summed E-state index contributed by atoms with van der Waals surface area (Å²) in [6.07, 6.45) is 3.46. The molecule has 0 saturated carbocycles. The van der Waals surface area contributed by atoms with Crippen molar-refractivity contribution < 1.29 is 4.79 Å². The van der Waals surface area contributed by atoms with Gasteiger partial charge in [0, 0.05) is 18.9 Å². The summed E-state index contributed by atoms with van der Waals surface area (Å²) in [5.74, 6) is -0.168. The van der Waals surface area contributed by atoms with Crippen molar-refractivity contribution in [2.75, 3.05) is 6.54 Å². The number of nitrogens with one attached hydrogen (secondary N) is 1. The van der Waals surface area contributed by atoms with Crippen LogP contribution in [0.1, 0.15) is 23.1 Å². The van der Waals surface area contributed by atoms with Crippen LogP contribution >= 0.6 is 0 Å². The first kappa shape index (κ1) is 11.3. The number of hydrogen-bond donors (Lipinski definition) is 1. The van der Waals surface area contributed by atoms with Gasteiger partial charge in [-0.25, -0.2) is 4.68 Å². The standard InChI is InChI=1S/C12H14N4O/c1-3-13-12(17)11-8-10(4-6-14-11)16-7-5-9(2)15-16/h4-8H,3H2,1-2H3,(H,13,17). The average molecular weight is 230 g/mol. The number of nitrogens with zero attached hydrogens (tertiary/aromatic N) is 3. The van der Waals surface area contributed by atoms with E-state index in [0.717, 1.165) is 11.4 Å². The minimum atomic E-state index is -0.168. The first-order valence-corrected chi connectivity index (χ1v) is 5.47. The van der Waals surface area contributed by atoms with E-state index in [4.69, 9.17) is 0 Å². The second-order valence-electron chi connectivity index (χ2n) is 3.66. The number of hydrogen-bond acceptors (Lipinski definition) is 3. The van der Waals surface area contributed by atoms with Crippen molar-refractivity contribution in [3.8, 4) is 5.69 Å². The molecule has 0 unspecified atom stereocenters. The van der Waals surface area contributed by atoms with Crippen LogP contribution in [-0.2, 0) is 0 Å². The Bertz CT molecular complexity index is 533. The van der Waals surface area contributed by atoms with Crippen molar-refractivity contribution in [2.24, 2.45) is 0 Å². The maximum Gasteiger partial charge on any atom is 0.269 e. The SMILES string of the molecule is CCNC(=O)c1cc(-n2ccc(C)n2)ccn1. The van der Waals surface area contributed by atoms with Gasteiger partial charge in [-0.05, 0) is 32.0 Å². The van der Waals surface area contributed by atoms with Crippen LogP contribution in [-0.4, -0.2) is 27.2 Å². The molecular weight excluding hydrogens is 216 g/mol. The number of pyridine rings is 1. The van der Waals surface area contributed by atoms with Gasteiger partial charge in [0.15, 0.2) is 0 Å². The summed E-state index contributed by atoms with van der Waals surface area (Å²) in [6, 6.07) is 5.44.